The van der Waals surface area contributed by atoms with Gasteiger partial charge < -0.3 is 15.3 Å². The van der Waals surface area contributed by atoms with E-state index in [4.69, 9.17) is 23.2 Å². The number of fused-ring (bicyclic) bond motifs is 2. The van der Waals surface area contributed by atoms with Crippen molar-refractivity contribution in [3.63, 3.8) is 0 Å². The minimum atomic E-state index is -1.58. The molecule has 4 atom stereocenters. The number of aliphatic carboxylic acids is 1. The predicted octanol–water partition coefficient (Wildman–Crippen LogP) is 5.23. The molecule has 2 heterocycles. The first kappa shape index (κ1) is 24.5. The average molecular weight is 507 g/mol. The minimum absolute atomic E-state index is 0.0273. The summed E-state index contributed by atoms with van der Waals surface area (Å²) in [6.45, 7) is 7.10. The van der Waals surface area contributed by atoms with Gasteiger partial charge in [-0.05, 0) is 41.2 Å². The highest BCUT2D eigenvalue weighted by molar-refractivity contribution is 6.31. The number of rotatable bonds is 3. The molecule has 2 aromatic carbocycles. The fourth-order valence-corrected chi connectivity index (χ4v) is 6.04. The molecule has 0 aromatic heterocycles. The van der Waals surface area contributed by atoms with E-state index in [9.17, 15) is 19.5 Å². The second-order valence-electron chi connectivity index (χ2n) is 10.1. The van der Waals surface area contributed by atoms with Gasteiger partial charge in [-0.2, -0.15) is 0 Å². The number of amides is 2. The lowest BCUT2D eigenvalue weighted by atomic mass is 9.62. The molecule has 1 saturated heterocycles. The summed E-state index contributed by atoms with van der Waals surface area (Å²) in [6.07, 6.45) is 0.296. The van der Waals surface area contributed by atoms with Crippen molar-refractivity contribution in [2.45, 2.75) is 57.5 Å². The van der Waals surface area contributed by atoms with E-state index in [0.717, 1.165) is 0 Å². The number of carboxylic acids is 1. The zero-order valence-corrected chi connectivity index (χ0v) is 20.7. The molecule has 180 valence electrons. The van der Waals surface area contributed by atoms with Crippen LogP contribution in [0.4, 0.5) is 10.1 Å². The zero-order chi connectivity index (χ0) is 25.2. The summed E-state index contributed by atoms with van der Waals surface area (Å²) in [6, 6.07) is 6.78. The Hall–Kier alpha value is -2.64. The van der Waals surface area contributed by atoms with Crippen molar-refractivity contribution in [2.24, 2.45) is 5.41 Å². The van der Waals surface area contributed by atoms with Crippen molar-refractivity contribution in [3.8, 4) is 0 Å². The predicted molar refractivity (Wildman–Crippen MR) is 128 cm³/mol. The van der Waals surface area contributed by atoms with Gasteiger partial charge in [0.05, 0.1) is 11.1 Å². The van der Waals surface area contributed by atoms with Crippen LogP contribution < -0.4 is 5.32 Å². The summed E-state index contributed by atoms with van der Waals surface area (Å²) in [5.41, 5.74) is -1.10. The van der Waals surface area contributed by atoms with Crippen molar-refractivity contribution in [3.05, 3.63) is 63.4 Å². The first-order chi connectivity index (χ1) is 15.8. The molecule has 2 amide bonds. The lowest BCUT2D eigenvalue weighted by Gasteiger charge is -2.39. The molecule has 0 aliphatic carbocycles. The van der Waals surface area contributed by atoms with Crippen LogP contribution in [-0.2, 0) is 19.8 Å². The molecule has 2 aliphatic heterocycles. The van der Waals surface area contributed by atoms with Crippen molar-refractivity contribution < 1.29 is 23.9 Å². The van der Waals surface area contributed by atoms with Gasteiger partial charge in [0.2, 0.25) is 11.8 Å². The second kappa shape index (κ2) is 8.24. The molecule has 0 radical (unpaired) electrons. The highest BCUT2D eigenvalue weighted by Crippen LogP contribution is 2.60. The van der Waals surface area contributed by atoms with Crippen molar-refractivity contribution in [1.82, 2.24) is 4.90 Å². The largest absolute Gasteiger partial charge is 0.480 e. The van der Waals surface area contributed by atoms with E-state index < -0.39 is 52.4 Å². The van der Waals surface area contributed by atoms with E-state index in [1.807, 2.05) is 20.8 Å². The van der Waals surface area contributed by atoms with Crippen LogP contribution in [0.5, 0.6) is 0 Å². The maximum Gasteiger partial charge on any atom is 0.327 e. The summed E-state index contributed by atoms with van der Waals surface area (Å²) in [5, 5.41) is 13.4. The number of anilines is 1. The summed E-state index contributed by atoms with van der Waals surface area (Å²) < 4.78 is 15.5. The highest BCUT2D eigenvalue weighted by Gasteiger charge is 2.70. The fraction of sp³-hybridized carbons (Fsp3) is 0.400. The number of carbonyl (C=O) groups is 3. The van der Waals surface area contributed by atoms with Gasteiger partial charge in [0, 0.05) is 23.6 Å². The minimum Gasteiger partial charge on any atom is -0.480 e. The van der Waals surface area contributed by atoms with Crippen LogP contribution in [0.25, 0.3) is 0 Å². The monoisotopic (exact) mass is 506 g/mol. The lowest BCUT2D eigenvalue weighted by molar-refractivity contribution is -0.149. The number of carbonyl (C=O) groups excluding carboxylic acids is 2. The maximum atomic E-state index is 15.5. The molecule has 6 nitrogen and oxygen atoms in total. The van der Waals surface area contributed by atoms with E-state index >= 15 is 4.39 Å². The van der Waals surface area contributed by atoms with E-state index in [-0.39, 0.29) is 10.6 Å². The fourth-order valence-electron chi connectivity index (χ4n) is 5.69. The number of carboxylic acid groups (broad SMARTS) is 1. The normalized spacial score (nSPS) is 26.0. The molecular weight excluding hydrogens is 482 g/mol. The Balaban J connectivity index is 2.14. The molecule has 2 N–H and O–H groups in total. The number of hydrogen-bond donors (Lipinski definition) is 2. The van der Waals surface area contributed by atoms with Gasteiger partial charge in [0.25, 0.3) is 0 Å². The van der Waals surface area contributed by atoms with Crippen LogP contribution in [-0.4, -0.2) is 39.9 Å². The molecule has 34 heavy (non-hydrogen) atoms. The number of nitrogens with zero attached hydrogens (tertiary/aromatic N) is 1. The topological polar surface area (TPSA) is 86.7 Å². The Bertz CT molecular complexity index is 1210. The van der Waals surface area contributed by atoms with Crippen LogP contribution in [0, 0.1) is 11.2 Å². The van der Waals surface area contributed by atoms with E-state index in [1.165, 1.54) is 30.0 Å². The second-order valence-corrected chi connectivity index (χ2v) is 11.0. The molecule has 9 heteroatoms. The number of hydrogen-bond acceptors (Lipinski definition) is 3. The summed E-state index contributed by atoms with van der Waals surface area (Å²) >= 11 is 12.3. The van der Waals surface area contributed by atoms with Crippen LogP contribution in [0.3, 0.4) is 0 Å². The first-order valence-corrected chi connectivity index (χ1v) is 11.6. The third-order valence-electron chi connectivity index (χ3n) is 6.76. The van der Waals surface area contributed by atoms with Crippen molar-refractivity contribution >= 4 is 46.7 Å². The number of likely N-dealkylation sites (tertiary alicyclic amines) is 1. The molecule has 4 rings (SSSR count). The first-order valence-electron chi connectivity index (χ1n) is 10.9. The molecule has 2 aromatic rings. The van der Waals surface area contributed by atoms with Gasteiger partial charge in [-0.3, -0.25) is 9.59 Å². The average Bonchev–Trinajstić information content (AvgIpc) is 3.16. The van der Waals surface area contributed by atoms with Gasteiger partial charge in [0.1, 0.15) is 17.3 Å². The Labute approximate surface area is 207 Å². The maximum absolute atomic E-state index is 15.5. The molecular formula is C25H25Cl2FN2O4. The Morgan fingerprint density at radius 1 is 1.21 bits per heavy atom. The SMILES string of the molecule is CC(=O)N1[C@@H](CC(C)(C)C)[C@@]2(C(=O)Nc3cc(Cl)ccc32)[C@@H](c2cccc(Cl)c2F)[C@@H]1C(=O)O. The molecule has 1 spiro atoms. The molecule has 0 saturated carbocycles. The smallest absolute Gasteiger partial charge is 0.327 e. The Morgan fingerprint density at radius 3 is 2.47 bits per heavy atom. The lowest BCUT2D eigenvalue weighted by Crippen LogP contribution is -2.52. The van der Waals surface area contributed by atoms with E-state index in [2.05, 4.69) is 5.32 Å². The van der Waals surface area contributed by atoms with Gasteiger partial charge >= 0.3 is 5.97 Å². The Morgan fingerprint density at radius 2 is 1.88 bits per heavy atom. The van der Waals surface area contributed by atoms with Gasteiger partial charge in [-0.1, -0.05) is 62.2 Å². The van der Waals surface area contributed by atoms with Gasteiger partial charge in [0.15, 0.2) is 0 Å². The van der Waals surface area contributed by atoms with E-state index in [1.54, 1.807) is 18.2 Å². The Kier molecular flexibility index (Phi) is 5.93. The molecule has 2 aliphatic rings. The van der Waals surface area contributed by atoms with Crippen LogP contribution in [0.2, 0.25) is 10.0 Å². The quantitative estimate of drug-likeness (QED) is 0.596. The third-order valence-corrected chi connectivity index (χ3v) is 7.28. The third kappa shape index (κ3) is 3.57. The zero-order valence-electron chi connectivity index (χ0n) is 19.2. The number of halogens is 3. The highest BCUT2D eigenvalue weighted by atomic mass is 35.5. The van der Waals surface area contributed by atoms with Gasteiger partial charge in [-0.25, -0.2) is 9.18 Å². The summed E-state index contributed by atoms with van der Waals surface area (Å²) in [4.78, 5) is 40.9. The van der Waals surface area contributed by atoms with Crippen molar-refractivity contribution in [2.75, 3.05) is 5.32 Å². The van der Waals surface area contributed by atoms with E-state index in [0.29, 0.717) is 22.7 Å². The van der Waals surface area contributed by atoms with Crippen LogP contribution >= 0.6 is 23.2 Å². The summed E-state index contributed by atoms with van der Waals surface area (Å²) in [5.74, 6) is -4.39. The van der Waals surface area contributed by atoms with Crippen LogP contribution in [0.1, 0.15) is 51.2 Å². The standard InChI is InChI=1S/C25H25Cl2FN2O4/c1-12(31)30-18(11-24(2,3)4)25(15-9-8-13(26)10-17(15)29-23(25)34)19(21(30)22(32)33)14-6-5-7-16(27)20(14)28/h5-10,18-19,21H,11H2,1-4H3,(H,29,34)(H,32,33)/t18-,19-,21+,25+/m0/s1. The summed E-state index contributed by atoms with van der Waals surface area (Å²) in [7, 11) is 0. The number of nitrogens with one attached hydrogen (secondary N) is 1. The number of benzene rings is 2. The van der Waals surface area contributed by atoms with Crippen LogP contribution in [0.15, 0.2) is 36.4 Å². The molecule has 0 unspecified atom stereocenters. The molecule has 1 fully saturated rings. The molecule has 0 bridgehead atoms. The van der Waals surface area contributed by atoms with Gasteiger partial charge in [-0.15, -0.1) is 0 Å². The van der Waals surface area contributed by atoms with Crippen molar-refractivity contribution in [1.29, 1.82) is 0 Å².